The molecule has 10 heteroatoms. The Balaban J connectivity index is 1.94. The fraction of sp³-hybridized carbons (Fsp3) is 0.562. The molecule has 1 unspecified atom stereocenters. The van der Waals surface area contributed by atoms with Gasteiger partial charge in [-0.15, -0.1) is 0 Å². The van der Waals surface area contributed by atoms with Gasteiger partial charge >= 0.3 is 11.9 Å². The molecule has 3 atom stereocenters. The van der Waals surface area contributed by atoms with Crippen LogP contribution < -0.4 is 23.7 Å². The van der Waals surface area contributed by atoms with E-state index in [9.17, 15) is 14.7 Å². The number of ether oxygens (including phenoxy) is 5. The Morgan fingerprint density at radius 2 is 1.40 bits per heavy atom. The maximum absolute atomic E-state index is 12.1. The molecule has 42 heavy (non-hydrogen) atoms. The molecule has 1 aliphatic rings. The van der Waals surface area contributed by atoms with Gasteiger partial charge in [0, 0.05) is 24.0 Å². The number of rotatable bonds is 17. The van der Waals surface area contributed by atoms with Crippen LogP contribution in [0, 0.1) is 5.92 Å². The minimum atomic E-state index is -0.817. The van der Waals surface area contributed by atoms with E-state index in [1.54, 1.807) is 35.5 Å². The fourth-order valence-corrected chi connectivity index (χ4v) is 6.22. The summed E-state index contributed by atoms with van der Waals surface area (Å²) in [6.07, 6.45) is 4.78. The summed E-state index contributed by atoms with van der Waals surface area (Å²) in [6.45, 7) is 1.61. The van der Waals surface area contributed by atoms with E-state index in [-0.39, 0.29) is 12.5 Å². The molecule has 0 aromatic heterocycles. The Hall–Kier alpha value is -3.66. The number of hydrogen-bond donors (Lipinski definition) is 2. The number of carboxylic acid groups (broad SMARTS) is 2. The van der Waals surface area contributed by atoms with E-state index in [0.29, 0.717) is 58.9 Å². The quantitative estimate of drug-likeness (QED) is 0.186. The third kappa shape index (κ3) is 7.59. The Morgan fingerprint density at radius 3 is 1.95 bits per heavy atom. The van der Waals surface area contributed by atoms with E-state index in [2.05, 4.69) is 13.1 Å². The van der Waals surface area contributed by atoms with Gasteiger partial charge in [-0.2, -0.15) is 0 Å². The van der Waals surface area contributed by atoms with Crippen LogP contribution in [-0.4, -0.2) is 82.3 Å². The van der Waals surface area contributed by atoms with Crippen LogP contribution in [-0.2, 0) is 16.0 Å². The van der Waals surface area contributed by atoms with Gasteiger partial charge in [0.2, 0.25) is 5.75 Å². The molecule has 2 aromatic rings. The predicted octanol–water partition coefficient (Wildman–Crippen LogP) is 5.34. The number of unbranched alkanes of at least 4 members (excludes halogenated alkanes) is 2. The van der Waals surface area contributed by atoms with Crippen LogP contribution >= 0.6 is 0 Å². The van der Waals surface area contributed by atoms with Gasteiger partial charge in [-0.3, -0.25) is 9.59 Å². The van der Waals surface area contributed by atoms with Gasteiger partial charge in [-0.25, -0.2) is 0 Å². The predicted molar refractivity (Wildman–Crippen MR) is 158 cm³/mol. The van der Waals surface area contributed by atoms with Crippen molar-refractivity contribution in [3.63, 3.8) is 0 Å². The number of carbonyl (C=O) groups is 2. The summed E-state index contributed by atoms with van der Waals surface area (Å²) in [4.78, 5) is 22.8. The van der Waals surface area contributed by atoms with Crippen LogP contribution in [0.3, 0.4) is 0 Å². The molecule has 0 saturated carbocycles. The molecule has 0 spiro atoms. The van der Waals surface area contributed by atoms with Crippen LogP contribution in [0.4, 0.5) is 0 Å². The maximum Gasteiger partial charge on any atom is 0.306 e. The van der Waals surface area contributed by atoms with Gasteiger partial charge in [0.25, 0.3) is 0 Å². The molecule has 1 aliphatic heterocycles. The van der Waals surface area contributed by atoms with E-state index in [4.69, 9.17) is 28.8 Å². The van der Waals surface area contributed by atoms with Crippen LogP contribution in [0.15, 0.2) is 24.3 Å². The SMILES string of the molecule is COc1cc2c(cc1OC)[C@H](c1cc(OC)c(OC)c(OC)c1)[N@+](C)(CCCC(CCCCCC(=O)O)C(=O)O)CC2. The van der Waals surface area contributed by atoms with Gasteiger partial charge in [-0.05, 0) is 55.5 Å². The lowest BCUT2D eigenvalue weighted by molar-refractivity contribution is -0.935. The molecule has 0 saturated heterocycles. The van der Waals surface area contributed by atoms with Gasteiger partial charge in [0.15, 0.2) is 23.0 Å². The van der Waals surface area contributed by atoms with Gasteiger partial charge in [0.05, 0.1) is 61.6 Å². The van der Waals surface area contributed by atoms with Crippen LogP contribution in [0.25, 0.3) is 0 Å². The molecule has 0 amide bonds. The molecular formula is C32H46NO9+. The van der Waals surface area contributed by atoms with E-state index < -0.39 is 17.9 Å². The molecular weight excluding hydrogens is 542 g/mol. The Labute approximate surface area is 248 Å². The summed E-state index contributed by atoms with van der Waals surface area (Å²) in [5.41, 5.74) is 3.28. The minimum absolute atomic E-state index is 0.110. The molecule has 2 aromatic carbocycles. The standard InChI is InChI=1S/C32H45NO9/c1-33(15-10-12-21(32(36)37)11-8-7-9-13-29(34)35)16-14-22-17-25(38-2)26(39-3)20-24(22)30(33)23-18-27(40-4)31(42-6)28(19-23)41-5/h17-21,30H,7-16H2,1-6H3,(H-,34,35,36,37)/p+1/t21?,30-,33+/m0/s1. The van der Waals surface area contributed by atoms with E-state index in [1.807, 2.05) is 18.2 Å². The molecule has 0 fully saturated rings. The van der Waals surface area contributed by atoms with Gasteiger partial charge < -0.3 is 38.4 Å². The summed E-state index contributed by atoms with van der Waals surface area (Å²) in [6, 6.07) is 7.97. The lowest BCUT2D eigenvalue weighted by atomic mass is 9.85. The summed E-state index contributed by atoms with van der Waals surface area (Å²) < 4.78 is 28.9. The van der Waals surface area contributed by atoms with Gasteiger partial charge in [-0.1, -0.05) is 12.8 Å². The maximum atomic E-state index is 12.1. The summed E-state index contributed by atoms with van der Waals surface area (Å²) in [5, 5.41) is 18.7. The molecule has 10 nitrogen and oxygen atoms in total. The Morgan fingerprint density at radius 1 is 0.810 bits per heavy atom. The number of nitrogens with zero attached hydrogens (tertiary/aromatic N) is 1. The molecule has 232 valence electrons. The third-order valence-electron chi connectivity index (χ3n) is 8.47. The highest BCUT2D eigenvalue weighted by atomic mass is 16.5. The van der Waals surface area contributed by atoms with Crippen molar-refractivity contribution >= 4 is 11.9 Å². The zero-order valence-corrected chi connectivity index (χ0v) is 25.7. The van der Waals surface area contributed by atoms with Crippen LogP contribution in [0.1, 0.15) is 67.7 Å². The number of carboxylic acids is 2. The number of quaternary nitrogens is 1. The average molecular weight is 589 g/mol. The molecule has 0 aliphatic carbocycles. The number of aliphatic carboxylic acids is 2. The second-order valence-electron chi connectivity index (χ2n) is 11.1. The van der Waals surface area contributed by atoms with Crippen molar-refractivity contribution in [2.75, 3.05) is 55.7 Å². The first-order chi connectivity index (χ1) is 20.1. The lowest BCUT2D eigenvalue weighted by Crippen LogP contribution is -2.52. The topological polar surface area (TPSA) is 121 Å². The van der Waals surface area contributed by atoms with Crippen molar-refractivity contribution in [3.05, 3.63) is 41.0 Å². The summed E-state index contributed by atoms with van der Waals surface area (Å²) in [7, 11) is 10.3. The average Bonchev–Trinajstić information content (AvgIpc) is 2.98. The molecule has 0 bridgehead atoms. The first-order valence-corrected chi connectivity index (χ1v) is 14.5. The summed E-state index contributed by atoms with van der Waals surface area (Å²) >= 11 is 0. The zero-order chi connectivity index (χ0) is 30.9. The lowest BCUT2D eigenvalue weighted by Gasteiger charge is -2.46. The number of benzene rings is 2. The Bertz CT molecular complexity index is 1210. The van der Waals surface area contributed by atoms with Crippen molar-refractivity contribution in [1.82, 2.24) is 0 Å². The van der Waals surface area contributed by atoms with Crippen molar-refractivity contribution < 1.29 is 48.0 Å². The molecule has 1 heterocycles. The highest BCUT2D eigenvalue weighted by molar-refractivity contribution is 5.69. The normalized spacial score (nSPS) is 18.5. The summed E-state index contributed by atoms with van der Waals surface area (Å²) in [5.74, 6) is 0.927. The number of hydrogen-bond acceptors (Lipinski definition) is 7. The molecule has 2 N–H and O–H groups in total. The van der Waals surface area contributed by atoms with Crippen molar-refractivity contribution in [2.45, 2.75) is 57.4 Å². The van der Waals surface area contributed by atoms with E-state index >= 15 is 0 Å². The monoisotopic (exact) mass is 588 g/mol. The number of likely N-dealkylation sites (N-methyl/N-ethyl adjacent to an activating group) is 1. The van der Waals surface area contributed by atoms with Gasteiger partial charge in [0.1, 0.15) is 6.04 Å². The largest absolute Gasteiger partial charge is 0.493 e. The van der Waals surface area contributed by atoms with Crippen LogP contribution in [0.5, 0.6) is 28.7 Å². The third-order valence-corrected chi connectivity index (χ3v) is 8.47. The highest BCUT2D eigenvalue weighted by Crippen LogP contribution is 2.48. The highest BCUT2D eigenvalue weighted by Gasteiger charge is 2.42. The van der Waals surface area contributed by atoms with Crippen LogP contribution in [0.2, 0.25) is 0 Å². The first kappa shape index (κ1) is 32.8. The Kier molecular flexibility index (Phi) is 11.7. The fourth-order valence-electron chi connectivity index (χ4n) is 6.22. The second kappa shape index (κ2) is 15.0. The van der Waals surface area contributed by atoms with E-state index in [0.717, 1.165) is 43.5 Å². The number of methoxy groups -OCH3 is 5. The van der Waals surface area contributed by atoms with Crippen molar-refractivity contribution in [1.29, 1.82) is 0 Å². The first-order valence-electron chi connectivity index (χ1n) is 14.5. The molecule has 3 rings (SSSR count). The number of fused-ring (bicyclic) bond motifs is 1. The minimum Gasteiger partial charge on any atom is -0.493 e. The zero-order valence-electron chi connectivity index (χ0n) is 25.7. The second-order valence-corrected chi connectivity index (χ2v) is 11.1. The smallest absolute Gasteiger partial charge is 0.306 e. The molecule has 0 radical (unpaired) electrons. The van der Waals surface area contributed by atoms with Crippen molar-refractivity contribution in [3.8, 4) is 28.7 Å². The van der Waals surface area contributed by atoms with Crippen molar-refractivity contribution in [2.24, 2.45) is 5.92 Å². The van der Waals surface area contributed by atoms with E-state index in [1.165, 1.54) is 5.56 Å².